The molecule has 0 aliphatic carbocycles. The summed E-state index contributed by atoms with van der Waals surface area (Å²) in [4.78, 5) is 31.1. The summed E-state index contributed by atoms with van der Waals surface area (Å²) in [6.45, 7) is 5.95. The Balaban J connectivity index is 1.48. The molecule has 0 saturated carbocycles. The largest absolute Gasteiger partial charge is 0.416 e. The number of imidazole rings is 1. The van der Waals surface area contributed by atoms with E-state index in [1.165, 1.54) is 36.5 Å². The van der Waals surface area contributed by atoms with E-state index in [1.54, 1.807) is 15.7 Å². The van der Waals surface area contributed by atoms with Crippen molar-refractivity contribution in [3.63, 3.8) is 0 Å². The number of hydrogen-bond donors (Lipinski definition) is 1. The number of aromatic nitrogens is 5. The molecule has 0 spiro atoms. The fraction of sp³-hybridized carbons (Fsp3) is 0.381. The smallest absolute Gasteiger partial charge is 0.346 e. The second-order valence-corrected chi connectivity index (χ2v) is 8.96. The Kier molecular flexibility index (Phi) is 6.28. The molecule has 1 amide bonds. The van der Waals surface area contributed by atoms with Crippen molar-refractivity contribution in [3.8, 4) is 5.69 Å². The maximum atomic E-state index is 12.8. The zero-order valence-electron chi connectivity index (χ0n) is 18.1. The molecule has 0 bridgehead atoms. The highest BCUT2D eigenvalue weighted by atomic mass is 32.2. The number of rotatable bonds is 6. The number of anilines is 2. The number of hydrogen-bond acceptors (Lipinski definition) is 7. The van der Waals surface area contributed by atoms with Crippen LogP contribution in [0.15, 0.2) is 43.1 Å². The Labute approximate surface area is 192 Å². The van der Waals surface area contributed by atoms with E-state index in [-0.39, 0.29) is 23.2 Å². The minimum atomic E-state index is -4.38. The van der Waals surface area contributed by atoms with Gasteiger partial charge < -0.3 is 9.88 Å². The third-order valence-corrected chi connectivity index (χ3v) is 6.29. The summed E-state index contributed by atoms with van der Waals surface area (Å²) in [5.74, 6) is 1.53. The average molecular weight is 478 g/mol. The van der Waals surface area contributed by atoms with E-state index in [1.807, 2.05) is 20.8 Å². The van der Waals surface area contributed by atoms with Crippen LogP contribution in [0.25, 0.3) is 5.69 Å². The molecule has 2 aromatic heterocycles. The number of nitrogens with zero attached hydrogens (tertiary/aromatic N) is 6. The predicted octanol–water partition coefficient (Wildman–Crippen LogP) is 4.95. The zero-order valence-corrected chi connectivity index (χ0v) is 18.9. The van der Waals surface area contributed by atoms with Crippen LogP contribution in [0.5, 0.6) is 0 Å². The van der Waals surface area contributed by atoms with E-state index >= 15 is 0 Å². The summed E-state index contributed by atoms with van der Waals surface area (Å²) >= 11 is 1.25. The molecule has 3 aromatic rings. The number of alkyl halides is 3. The first-order chi connectivity index (χ1) is 15.6. The SMILES string of the molecule is CC(C)[C@H]1CSC(=O)N1c1ncnc(N[C@@H](C)c2cn(-c3ccc(C(F)(F)F)cc3)cn2)n1. The van der Waals surface area contributed by atoms with Crippen LogP contribution in [-0.2, 0) is 6.18 Å². The molecule has 1 aromatic carbocycles. The van der Waals surface area contributed by atoms with Crippen LogP contribution in [-0.4, -0.2) is 41.5 Å². The Morgan fingerprint density at radius 2 is 1.85 bits per heavy atom. The summed E-state index contributed by atoms with van der Waals surface area (Å²) in [5.41, 5.74) is 0.493. The van der Waals surface area contributed by atoms with Gasteiger partial charge >= 0.3 is 6.18 Å². The number of thioether (sulfide) groups is 1. The maximum Gasteiger partial charge on any atom is 0.416 e. The summed E-state index contributed by atoms with van der Waals surface area (Å²) in [6.07, 6.45) is 0.222. The van der Waals surface area contributed by atoms with Gasteiger partial charge in [0, 0.05) is 17.6 Å². The van der Waals surface area contributed by atoms with Crippen LogP contribution in [0.1, 0.15) is 38.1 Å². The highest BCUT2D eigenvalue weighted by molar-refractivity contribution is 8.14. The van der Waals surface area contributed by atoms with Crippen LogP contribution < -0.4 is 10.2 Å². The van der Waals surface area contributed by atoms with Crippen molar-refractivity contribution in [2.45, 2.75) is 39.0 Å². The number of amides is 1. The fourth-order valence-corrected chi connectivity index (χ4v) is 4.63. The molecular formula is C21H22F3N7OS. The fourth-order valence-electron chi connectivity index (χ4n) is 3.42. The lowest BCUT2D eigenvalue weighted by atomic mass is 10.1. The molecule has 1 aliphatic heterocycles. The third kappa shape index (κ3) is 4.95. The quantitative estimate of drug-likeness (QED) is 0.538. The van der Waals surface area contributed by atoms with Gasteiger partial charge in [0.1, 0.15) is 6.33 Å². The summed E-state index contributed by atoms with van der Waals surface area (Å²) in [5, 5.41) is 3.05. The van der Waals surface area contributed by atoms with Crippen LogP contribution in [0.4, 0.5) is 29.9 Å². The van der Waals surface area contributed by atoms with Gasteiger partial charge in [0.25, 0.3) is 5.24 Å². The number of benzene rings is 1. The van der Waals surface area contributed by atoms with Crippen LogP contribution in [0, 0.1) is 5.92 Å². The minimum absolute atomic E-state index is 0.00889. The van der Waals surface area contributed by atoms with E-state index in [9.17, 15) is 18.0 Å². The molecule has 12 heteroatoms. The Morgan fingerprint density at radius 1 is 1.12 bits per heavy atom. The standard InChI is InChI=1S/C21H22F3N7OS/c1-12(2)17-9-33-20(32)31(17)19-26-10-25-18(29-19)28-13(3)16-8-30(11-27-16)15-6-4-14(5-7-15)21(22,23)24/h4-8,10-13,17H,9H2,1-3H3,(H,25,26,28,29)/t13-,17+/m0/s1. The predicted molar refractivity (Wildman–Crippen MR) is 119 cm³/mol. The van der Waals surface area contributed by atoms with Gasteiger partial charge in [0.2, 0.25) is 11.9 Å². The second-order valence-electron chi connectivity index (χ2n) is 7.98. The molecular weight excluding hydrogens is 455 g/mol. The van der Waals surface area contributed by atoms with Gasteiger partial charge in [-0.3, -0.25) is 9.69 Å². The van der Waals surface area contributed by atoms with E-state index in [4.69, 9.17) is 0 Å². The van der Waals surface area contributed by atoms with Crippen molar-refractivity contribution in [1.29, 1.82) is 0 Å². The van der Waals surface area contributed by atoms with Gasteiger partial charge in [-0.1, -0.05) is 25.6 Å². The average Bonchev–Trinajstić information content (AvgIpc) is 3.41. The first-order valence-corrected chi connectivity index (χ1v) is 11.2. The third-order valence-electron chi connectivity index (χ3n) is 5.33. The summed E-state index contributed by atoms with van der Waals surface area (Å²) in [6, 6.07) is 4.55. The van der Waals surface area contributed by atoms with Gasteiger partial charge in [-0.2, -0.15) is 18.2 Å². The minimum Gasteiger partial charge on any atom is -0.346 e. The molecule has 33 heavy (non-hydrogen) atoms. The first kappa shape index (κ1) is 23.0. The molecule has 3 heterocycles. The van der Waals surface area contributed by atoms with Crippen molar-refractivity contribution in [3.05, 3.63) is 54.4 Å². The number of nitrogens with one attached hydrogen (secondary N) is 1. The maximum absolute atomic E-state index is 12.8. The van der Waals surface area contributed by atoms with Gasteiger partial charge in [-0.05, 0) is 37.1 Å². The molecule has 1 fully saturated rings. The first-order valence-electron chi connectivity index (χ1n) is 10.3. The van der Waals surface area contributed by atoms with E-state index in [2.05, 4.69) is 25.3 Å². The van der Waals surface area contributed by atoms with E-state index in [0.717, 1.165) is 12.1 Å². The zero-order chi connectivity index (χ0) is 23.8. The molecule has 174 valence electrons. The Morgan fingerprint density at radius 3 is 2.52 bits per heavy atom. The number of carbonyl (C=O) groups excluding carboxylic acids is 1. The molecule has 8 nitrogen and oxygen atoms in total. The van der Waals surface area contributed by atoms with E-state index in [0.29, 0.717) is 29.0 Å². The van der Waals surface area contributed by atoms with E-state index < -0.39 is 11.7 Å². The Hall–Kier alpha value is -3.15. The van der Waals surface area contributed by atoms with Crippen molar-refractivity contribution in [2.24, 2.45) is 5.92 Å². The van der Waals surface area contributed by atoms with Gasteiger partial charge in [-0.25, -0.2) is 15.0 Å². The lowest BCUT2D eigenvalue weighted by molar-refractivity contribution is -0.137. The molecule has 1 aliphatic rings. The topological polar surface area (TPSA) is 88.8 Å². The Bertz CT molecular complexity index is 1130. The van der Waals surface area contributed by atoms with Crippen molar-refractivity contribution in [2.75, 3.05) is 16.0 Å². The molecule has 0 unspecified atom stereocenters. The van der Waals surface area contributed by atoms with Gasteiger partial charge in [0.15, 0.2) is 0 Å². The van der Waals surface area contributed by atoms with Crippen LogP contribution in [0.3, 0.4) is 0 Å². The highest BCUT2D eigenvalue weighted by Gasteiger charge is 2.37. The van der Waals surface area contributed by atoms with Crippen LogP contribution >= 0.6 is 11.8 Å². The van der Waals surface area contributed by atoms with Crippen LogP contribution in [0.2, 0.25) is 0 Å². The lowest BCUT2D eigenvalue weighted by Crippen LogP contribution is -2.38. The lowest BCUT2D eigenvalue weighted by Gasteiger charge is -2.24. The van der Waals surface area contributed by atoms with Crippen molar-refractivity contribution < 1.29 is 18.0 Å². The monoisotopic (exact) mass is 477 g/mol. The molecule has 1 N–H and O–H groups in total. The normalized spacial score (nSPS) is 17.6. The van der Waals surface area contributed by atoms with Gasteiger partial charge in [-0.15, -0.1) is 0 Å². The van der Waals surface area contributed by atoms with Crippen molar-refractivity contribution in [1.82, 2.24) is 24.5 Å². The summed E-state index contributed by atoms with van der Waals surface area (Å²) < 4.78 is 40.0. The molecule has 2 atom stereocenters. The number of halogens is 3. The van der Waals surface area contributed by atoms with Gasteiger partial charge in [0.05, 0.1) is 29.7 Å². The molecule has 0 radical (unpaired) electrons. The second kappa shape index (κ2) is 9.00. The summed E-state index contributed by atoms with van der Waals surface area (Å²) in [7, 11) is 0. The molecule has 1 saturated heterocycles. The number of carbonyl (C=O) groups is 1. The van der Waals surface area contributed by atoms with Crippen molar-refractivity contribution >= 4 is 28.9 Å². The molecule has 4 rings (SSSR count). The highest BCUT2D eigenvalue weighted by Crippen LogP contribution is 2.32.